The Morgan fingerprint density at radius 2 is 1.86 bits per heavy atom. The summed E-state index contributed by atoms with van der Waals surface area (Å²) in [6.45, 7) is 0. The number of hydrogen-bond acceptors (Lipinski definition) is 5. The number of fused-ring (bicyclic) bond motifs is 1. The highest BCUT2D eigenvalue weighted by Gasteiger charge is 2.49. The Kier molecular flexibility index (Phi) is 5.16. The zero-order valence-corrected chi connectivity index (χ0v) is 16.9. The molecule has 2 aliphatic rings. The molecule has 0 spiro atoms. The third-order valence-corrected chi connectivity index (χ3v) is 8.07. The van der Waals surface area contributed by atoms with Crippen molar-refractivity contribution in [2.75, 3.05) is 23.5 Å². The molecule has 8 heteroatoms. The van der Waals surface area contributed by atoms with Gasteiger partial charge in [-0.15, -0.1) is 0 Å². The van der Waals surface area contributed by atoms with E-state index in [-0.39, 0.29) is 35.1 Å². The first-order valence-electron chi connectivity index (χ1n) is 8.91. The zero-order chi connectivity index (χ0) is 19.7. The highest BCUT2D eigenvalue weighted by atomic mass is 32.2. The Labute approximate surface area is 168 Å². The molecule has 2 atom stereocenters. The minimum absolute atomic E-state index is 0.0826. The van der Waals surface area contributed by atoms with Crippen LogP contribution in [-0.2, 0) is 21.1 Å². The molecule has 2 heterocycles. The zero-order valence-electron chi connectivity index (χ0n) is 15.3. The van der Waals surface area contributed by atoms with Gasteiger partial charge < -0.3 is 9.64 Å². The quantitative estimate of drug-likeness (QED) is 0.762. The van der Waals surface area contributed by atoms with Gasteiger partial charge in [0.2, 0.25) is 0 Å². The van der Waals surface area contributed by atoms with Crippen molar-refractivity contribution >= 4 is 38.4 Å². The summed E-state index contributed by atoms with van der Waals surface area (Å²) in [6.07, 6.45) is 0.129. The number of carbonyl (C=O) groups excluding carboxylic acids is 1. The lowest BCUT2D eigenvalue weighted by Crippen LogP contribution is -2.37. The van der Waals surface area contributed by atoms with Gasteiger partial charge in [0.25, 0.3) is 5.91 Å². The van der Waals surface area contributed by atoms with E-state index in [4.69, 9.17) is 4.74 Å². The lowest BCUT2D eigenvalue weighted by molar-refractivity contribution is -0.117. The van der Waals surface area contributed by atoms with Crippen molar-refractivity contribution in [2.45, 2.75) is 17.7 Å². The lowest BCUT2D eigenvalue weighted by atomic mass is 10.1. The predicted octanol–water partition coefficient (Wildman–Crippen LogP) is 2.54. The summed E-state index contributed by atoms with van der Waals surface area (Å²) in [6, 6.07) is 16.7. The van der Waals surface area contributed by atoms with Crippen LogP contribution >= 0.6 is 11.8 Å². The maximum atomic E-state index is 12.7. The van der Waals surface area contributed by atoms with Crippen LogP contribution in [-0.4, -0.2) is 49.4 Å². The van der Waals surface area contributed by atoms with Crippen molar-refractivity contribution in [1.29, 1.82) is 0 Å². The van der Waals surface area contributed by atoms with Gasteiger partial charge in [0.1, 0.15) is 5.75 Å². The minimum Gasteiger partial charge on any atom is -0.496 e. The number of amidine groups is 1. The van der Waals surface area contributed by atoms with Gasteiger partial charge in [-0.3, -0.25) is 4.79 Å². The van der Waals surface area contributed by atoms with Crippen LogP contribution in [0.25, 0.3) is 0 Å². The van der Waals surface area contributed by atoms with Crippen LogP contribution in [0.5, 0.6) is 5.75 Å². The number of aliphatic imine (C=N–C) groups is 1. The molecule has 0 radical (unpaired) electrons. The first-order chi connectivity index (χ1) is 13.5. The molecule has 1 amide bonds. The number of carbonyl (C=O) groups is 1. The van der Waals surface area contributed by atoms with Crippen molar-refractivity contribution in [1.82, 2.24) is 0 Å². The van der Waals surface area contributed by atoms with Gasteiger partial charge in [0.15, 0.2) is 15.0 Å². The van der Waals surface area contributed by atoms with E-state index < -0.39 is 9.84 Å². The average molecular weight is 417 g/mol. The molecule has 146 valence electrons. The van der Waals surface area contributed by atoms with E-state index in [9.17, 15) is 13.2 Å². The Bertz CT molecular complexity index is 1020. The van der Waals surface area contributed by atoms with E-state index in [1.807, 2.05) is 59.5 Å². The molecule has 0 bridgehead atoms. The smallest absolute Gasteiger partial charge is 0.252 e. The van der Waals surface area contributed by atoms with Crippen molar-refractivity contribution in [3.8, 4) is 5.75 Å². The normalized spacial score (nSPS) is 24.3. The molecule has 0 aromatic heterocycles. The standard InChI is InChI=1S/C20H20N2O4S2/c1-26-17-10-6-5-7-14(17)11-19(23)21-20-22(15-8-3-2-4-9-15)16-12-28(24,25)13-18(16)27-20/h2-10,16,18H,11-13H2,1H3/t16-,18-/m0/s1. The minimum atomic E-state index is -3.07. The van der Waals surface area contributed by atoms with Crippen molar-refractivity contribution in [2.24, 2.45) is 4.99 Å². The molecule has 2 aromatic carbocycles. The summed E-state index contributed by atoms with van der Waals surface area (Å²) in [5.41, 5.74) is 1.62. The van der Waals surface area contributed by atoms with E-state index >= 15 is 0 Å². The van der Waals surface area contributed by atoms with Gasteiger partial charge >= 0.3 is 0 Å². The maximum absolute atomic E-state index is 12.7. The molecular weight excluding hydrogens is 396 g/mol. The molecule has 0 saturated carbocycles. The van der Waals surface area contributed by atoms with Gasteiger partial charge in [-0.05, 0) is 18.2 Å². The number of rotatable bonds is 4. The van der Waals surface area contributed by atoms with Crippen LogP contribution in [0.2, 0.25) is 0 Å². The fraction of sp³-hybridized carbons (Fsp3) is 0.300. The number of sulfone groups is 1. The number of nitrogens with zero attached hydrogens (tertiary/aromatic N) is 2. The number of benzene rings is 2. The molecule has 28 heavy (non-hydrogen) atoms. The summed E-state index contributed by atoms with van der Waals surface area (Å²) < 4.78 is 29.5. The second-order valence-electron chi connectivity index (χ2n) is 6.78. The third-order valence-electron chi connectivity index (χ3n) is 4.86. The number of thioether (sulfide) groups is 1. The van der Waals surface area contributed by atoms with Gasteiger partial charge in [0, 0.05) is 16.5 Å². The first-order valence-corrected chi connectivity index (χ1v) is 11.6. The second-order valence-corrected chi connectivity index (χ2v) is 10.1. The molecule has 2 saturated heterocycles. The van der Waals surface area contributed by atoms with Crippen LogP contribution in [0.4, 0.5) is 5.69 Å². The van der Waals surface area contributed by atoms with Crippen molar-refractivity contribution in [3.63, 3.8) is 0 Å². The molecule has 0 N–H and O–H groups in total. The fourth-order valence-electron chi connectivity index (χ4n) is 3.61. The number of methoxy groups -OCH3 is 1. The molecule has 2 aliphatic heterocycles. The molecule has 0 aliphatic carbocycles. The molecule has 2 fully saturated rings. The molecule has 4 rings (SSSR count). The molecular formula is C20H20N2O4S2. The number of amides is 1. The Hall–Kier alpha value is -2.32. The van der Waals surface area contributed by atoms with E-state index in [1.165, 1.54) is 11.8 Å². The second kappa shape index (κ2) is 7.60. The summed E-state index contributed by atoms with van der Waals surface area (Å²) in [5.74, 6) is 0.568. The van der Waals surface area contributed by atoms with Gasteiger partial charge in [0.05, 0.1) is 31.1 Å². The SMILES string of the molecule is COc1ccccc1CC(=O)N=C1S[C@H]2CS(=O)(=O)C[C@@H]2N1c1ccccc1. The highest BCUT2D eigenvalue weighted by molar-refractivity contribution is 8.16. The van der Waals surface area contributed by atoms with E-state index in [0.29, 0.717) is 10.9 Å². The lowest BCUT2D eigenvalue weighted by Gasteiger charge is -2.24. The maximum Gasteiger partial charge on any atom is 0.252 e. The molecule has 6 nitrogen and oxygen atoms in total. The Morgan fingerprint density at radius 3 is 2.61 bits per heavy atom. The number of anilines is 1. The van der Waals surface area contributed by atoms with Crippen LogP contribution in [0.1, 0.15) is 5.56 Å². The highest BCUT2D eigenvalue weighted by Crippen LogP contribution is 2.40. The Morgan fingerprint density at radius 1 is 1.14 bits per heavy atom. The van der Waals surface area contributed by atoms with E-state index in [0.717, 1.165) is 11.3 Å². The summed E-state index contributed by atoms with van der Waals surface area (Å²) in [4.78, 5) is 18.9. The molecule has 2 aromatic rings. The van der Waals surface area contributed by atoms with E-state index in [1.54, 1.807) is 7.11 Å². The summed E-state index contributed by atoms with van der Waals surface area (Å²) >= 11 is 1.38. The summed E-state index contributed by atoms with van der Waals surface area (Å²) in [5, 5.41) is 0.457. The Balaban J connectivity index is 1.63. The van der Waals surface area contributed by atoms with Crippen LogP contribution in [0, 0.1) is 0 Å². The predicted molar refractivity (Wildman–Crippen MR) is 112 cm³/mol. The van der Waals surface area contributed by atoms with Crippen molar-refractivity contribution < 1.29 is 17.9 Å². The van der Waals surface area contributed by atoms with Gasteiger partial charge in [-0.1, -0.05) is 48.2 Å². The fourth-order valence-corrected chi connectivity index (χ4v) is 7.54. The average Bonchev–Trinajstić information content (AvgIpc) is 3.13. The topological polar surface area (TPSA) is 76.0 Å². The largest absolute Gasteiger partial charge is 0.496 e. The third kappa shape index (κ3) is 3.79. The van der Waals surface area contributed by atoms with Gasteiger partial charge in [-0.25, -0.2) is 8.42 Å². The van der Waals surface area contributed by atoms with Crippen LogP contribution in [0.3, 0.4) is 0 Å². The summed E-state index contributed by atoms with van der Waals surface area (Å²) in [7, 11) is -1.50. The number of ether oxygens (including phenoxy) is 1. The number of hydrogen-bond donors (Lipinski definition) is 0. The number of para-hydroxylation sites is 2. The van der Waals surface area contributed by atoms with Crippen LogP contribution in [0.15, 0.2) is 59.6 Å². The monoisotopic (exact) mass is 416 g/mol. The first kappa shape index (κ1) is 19.0. The van der Waals surface area contributed by atoms with Crippen LogP contribution < -0.4 is 9.64 Å². The van der Waals surface area contributed by atoms with Gasteiger partial charge in [-0.2, -0.15) is 4.99 Å². The molecule has 0 unspecified atom stereocenters. The van der Waals surface area contributed by atoms with Crippen molar-refractivity contribution in [3.05, 3.63) is 60.2 Å². The van der Waals surface area contributed by atoms with E-state index in [2.05, 4.69) is 4.99 Å².